The minimum absolute atomic E-state index is 0.359. The van der Waals surface area contributed by atoms with Crippen LogP contribution in [-0.4, -0.2) is 29.4 Å². The zero-order chi connectivity index (χ0) is 20.3. The molecule has 0 aliphatic carbocycles. The highest BCUT2D eigenvalue weighted by atomic mass is 31.2. The molecule has 5 nitrogen and oxygen atoms in total. The third-order valence-corrected chi connectivity index (χ3v) is 8.60. The zero-order valence-corrected chi connectivity index (χ0v) is 19.1. The average molecular weight is 404 g/mol. The van der Waals surface area contributed by atoms with Crippen LogP contribution in [0, 0.1) is 17.0 Å². The van der Waals surface area contributed by atoms with Crippen molar-refractivity contribution < 1.29 is 18.4 Å². The molecule has 1 aliphatic rings. The van der Waals surface area contributed by atoms with Crippen LogP contribution in [0.4, 0.5) is 0 Å². The van der Waals surface area contributed by atoms with Gasteiger partial charge in [-0.1, -0.05) is 66.2 Å². The van der Waals surface area contributed by atoms with Crippen molar-refractivity contribution in [1.82, 2.24) is 0 Å². The Labute approximate surface area is 167 Å². The summed E-state index contributed by atoms with van der Waals surface area (Å²) in [6, 6.07) is 0. The monoisotopic (exact) mass is 403 g/mol. The van der Waals surface area contributed by atoms with Gasteiger partial charge in [-0.3, -0.25) is 4.57 Å². The molecule has 0 saturated carbocycles. The fourth-order valence-electron chi connectivity index (χ4n) is 3.54. The van der Waals surface area contributed by atoms with Crippen LogP contribution in [0.25, 0.3) is 0 Å². The molecule has 0 spiro atoms. The highest BCUT2D eigenvalue weighted by molar-refractivity contribution is 7.55. The molecule has 1 rings (SSSR count). The lowest BCUT2D eigenvalue weighted by molar-refractivity contribution is -0.507. The van der Waals surface area contributed by atoms with E-state index in [-0.39, 0.29) is 0 Å². The Morgan fingerprint density at radius 2 is 1.52 bits per heavy atom. The Morgan fingerprint density at radius 1 is 1.04 bits per heavy atom. The van der Waals surface area contributed by atoms with E-state index in [9.17, 15) is 9.77 Å². The van der Waals surface area contributed by atoms with Gasteiger partial charge in [0.15, 0.2) is 6.21 Å². The van der Waals surface area contributed by atoms with Crippen molar-refractivity contribution in [3.8, 4) is 0 Å². The molecule has 0 aromatic carbocycles. The van der Waals surface area contributed by atoms with Crippen LogP contribution in [0.15, 0.2) is 0 Å². The first-order valence-corrected chi connectivity index (χ1v) is 12.6. The van der Waals surface area contributed by atoms with Crippen LogP contribution in [0.2, 0.25) is 0 Å². The molecular formula is C21H42NO4P. The van der Waals surface area contributed by atoms with E-state index < -0.39 is 12.9 Å². The van der Waals surface area contributed by atoms with Crippen molar-refractivity contribution in [2.45, 2.75) is 104 Å². The molecule has 0 bridgehead atoms. The SMILES string of the molecule is CCCCC(CC)COP(=O)(OCC(CC)CCCC)C1(C)CCC=[N+]1[O-]. The second kappa shape index (κ2) is 12.2. The van der Waals surface area contributed by atoms with Crippen LogP contribution >= 0.6 is 7.60 Å². The maximum atomic E-state index is 13.8. The molecule has 1 aliphatic heterocycles. The van der Waals surface area contributed by atoms with Gasteiger partial charge in [0.05, 0.1) is 13.2 Å². The van der Waals surface area contributed by atoms with E-state index in [2.05, 4.69) is 27.7 Å². The van der Waals surface area contributed by atoms with E-state index in [1.54, 1.807) is 13.1 Å². The molecule has 0 fully saturated rings. The highest BCUT2D eigenvalue weighted by Gasteiger charge is 2.57. The molecular weight excluding hydrogens is 361 g/mol. The van der Waals surface area contributed by atoms with Crippen molar-refractivity contribution >= 4 is 13.8 Å². The Bertz CT molecular complexity index is 473. The molecule has 0 aromatic rings. The van der Waals surface area contributed by atoms with Gasteiger partial charge in [-0.2, -0.15) is 4.74 Å². The van der Waals surface area contributed by atoms with Crippen molar-refractivity contribution in [2.75, 3.05) is 13.2 Å². The van der Waals surface area contributed by atoms with E-state index in [0.717, 1.165) is 56.1 Å². The van der Waals surface area contributed by atoms with Crippen molar-refractivity contribution in [2.24, 2.45) is 11.8 Å². The molecule has 0 amide bonds. The summed E-state index contributed by atoms with van der Waals surface area (Å²) in [6.07, 6.45) is 11.4. The number of rotatable bonds is 15. The van der Waals surface area contributed by atoms with Crippen LogP contribution in [0.5, 0.6) is 0 Å². The zero-order valence-electron chi connectivity index (χ0n) is 18.2. The van der Waals surface area contributed by atoms with Gasteiger partial charge < -0.3 is 14.3 Å². The van der Waals surface area contributed by atoms with Crippen LogP contribution in [-0.2, 0) is 13.6 Å². The Morgan fingerprint density at radius 3 is 1.85 bits per heavy atom. The number of nitrogens with zero attached hydrogens (tertiary/aromatic N) is 1. The fraction of sp³-hybridized carbons (Fsp3) is 0.952. The van der Waals surface area contributed by atoms with E-state index in [1.165, 1.54) is 0 Å². The van der Waals surface area contributed by atoms with Gasteiger partial charge in [0.25, 0.3) is 5.28 Å². The smallest absolute Gasteiger partial charge is 0.401 e. The lowest BCUT2D eigenvalue weighted by atomic mass is 10.0. The lowest BCUT2D eigenvalue weighted by Crippen LogP contribution is -2.35. The summed E-state index contributed by atoms with van der Waals surface area (Å²) in [7, 11) is -3.55. The molecule has 27 heavy (non-hydrogen) atoms. The molecule has 3 atom stereocenters. The largest absolute Gasteiger partial charge is 0.623 e. The second-order valence-corrected chi connectivity index (χ2v) is 10.7. The fourth-order valence-corrected chi connectivity index (χ4v) is 5.71. The summed E-state index contributed by atoms with van der Waals surface area (Å²) in [5.41, 5.74) is 0. The van der Waals surface area contributed by atoms with Crippen molar-refractivity contribution in [3.63, 3.8) is 0 Å². The molecule has 0 saturated heterocycles. The Hall–Kier alpha value is -0.380. The molecule has 160 valence electrons. The van der Waals surface area contributed by atoms with Gasteiger partial charge in [-0.05, 0) is 24.7 Å². The number of hydrogen-bond donors (Lipinski definition) is 0. The van der Waals surface area contributed by atoms with E-state index in [1.807, 2.05) is 0 Å². The van der Waals surface area contributed by atoms with Gasteiger partial charge in [-0.15, -0.1) is 0 Å². The Kier molecular flexibility index (Phi) is 11.2. The third kappa shape index (κ3) is 6.87. The first-order valence-electron chi connectivity index (χ1n) is 11.1. The van der Waals surface area contributed by atoms with Gasteiger partial charge >= 0.3 is 7.60 Å². The first-order chi connectivity index (χ1) is 12.9. The number of hydroxylamine groups is 1. The standard InChI is InChI=1S/C21H42NO4P/c1-6-10-13-19(8-3)17-25-27(24,21(5)15-12-16-22(21)23)26-18-20(9-4)14-11-7-2/h16,19-20H,6-15,17-18H2,1-5H3. The van der Waals surface area contributed by atoms with Crippen LogP contribution in [0.3, 0.4) is 0 Å². The minimum Gasteiger partial charge on any atom is -0.623 e. The summed E-state index contributed by atoms with van der Waals surface area (Å²) < 4.78 is 26.7. The van der Waals surface area contributed by atoms with Crippen LogP contribution < -0.4 is 0 Å². The van der Waals surface area contributed by atoms with E-state index in [0.29, 0.717) is 37.9 Å². The van der Waals surface area contributed by atoms with Gasteiger partial charge in [-0.25, -0.2) is 0 Å². The topological polar surface area (TPSA) is 61.6 Å². The van der Waals surface area contributed by atoms with Gasteiger partial charge in [0.1, 0.15) is 0 Å². The minimum atomic E-state index is -3.55. The summed E-state index contributed by atoms with van der Waals surface area (Å²) in [5, 5.41) is 11.3. The van der Waals surface area contributed by atoms with Crippen molar-refractivity contribution in [1.29, 1.82) is 0 Å². The average Bonchev–Trinajstić information content (AvgIpc) is 3.02. The lowest BCUT2D eigenvalue weighted by Gasteiger charge is -2.33. The summed E-state index contributed by atoms with van der Waals surface area (Å²) in [5.74, 6) is 0.719. The Balaban J connectivity index is 2.86. The maximum absolute atomic E-state index is 13.8. The van der Waals surface area contributed by atoms with Crippen molar-refractivity contribution in [3.05, 3.63) is 5.21 Å². The first kappa shape index (κ1) is 24.7. The molecule has 3 unspecified atom stereocenters. The van der Waals surface area contributed by atoms with Gasteiger partial charge in [0, 0.05) is 19.8 Å². The van der Waals surface area contributed by atoms with Crippen LogP contribution in [0.1, 0.15) is 98.8 Å². The normalized spacial score (nSPS) is 24.4. The second-order valence-electron chi connectivity index (χ2n) is 8.19. The number of hydrogen-bond acceptors (Lipinski definition) is 4. The summed E-state index contributed by atoms with van der Waals surface area (Å²) >= 11 is 0. The summed E-state index contributed by atoms with van der Waals surface area (Å²) in [6.45, 7) is 11.2. The van der Waals surface area contributed by atoms with E-state index >= 15 is 0 Å². The highest BCUT2D eigenvalue weighted by Crippen LogP contribution is 2.63. The molecule has 0 aromatic heterocycles. The predicted molar refractivity (Wildman–Crippen MR) is 113 cm³/mol. The maximum Gasteiger partial charge on any atom is 0.401 e. The van der Waals surface area contributed by atoms with Gasteiger partial charge in [0.2, 0.25) is 0 Å². The number of unbranched alkanes of at least 4 members (excludes halogenated alkanes) is 2. The predicted octanol–water partition coefficient (Wildman–Crippen LogP) is 6.74. The molecule has 1 heterocycles. The summed E-state index contributed by atoms with van der Waals surface area (Å²) in [4.78, 5) is 0. The molecule has 6 heteroatoms. The van der Waals surface area contributed by atoms with E-state index in [4.69, 9.17) is 9.05 Å². The molecule has 0 N–H and O–H groups in total. The molecule has 0 radical (unpaired) electrons. The third-order valence-electron chi connectivity index (χ3n) is 6.02. The quantitative estimate of drug-likeness (QED) is 0.173.